The Balaban J connectivity index is 2.53. The van der Waals surface area contributed by atoms with Crippen molar-refractivity contribution >= 4 is 0 Å². The van der Waals surface area contributed by atoms with Crippen molar-refractivity contribution < 1.29 is 5.11 Å². The lowest BCUT2D eigenvalue weighted by Crippen LogP contribution is -1.90. The first-order valence-electron chi connectivity index (χ1n) is 5.34. The molecule has 0 aliphatic heterocycles. The molecule has 1 N–H and O–H groups in total. The quantitative estimate of drug-likeness (QED) is 0.832. The highest BCUT2D eigenvalue weighted by Crippen LogP contribution is 2.23. The number of hydrogen-bond donors (Lipinski definition) is 1. The van der Waals surface area contributed by atoms with Crippen molar-refractivity contribution in [2.75, 3.05) is 0 Å². The number of aliphatic hydroxyl groups excluding tert-OH is 1. The zero-order chi connectivity index (χ0) is 11.5. The third-order valence-electron chi connectivity index (χ3n) is 2.64. The molecular formula is C14H15NO. The van der Waals surface area contributed by atoms with Crippen LogP contribution < -0.4 is 0 Å². The van der Waals surface area contributed by atoms with Crippen molar-refractivity contribution in [2.24, 2.45) is 0 Å². The predicted molar refractivity (Wildman–Crippen MR) is 65.1 cm³/mol. The van der Waals surface area contributed by atoms with Crippen LogP contribution >= 0.6 is 0 Å². The maximum atomic E-state index is 9.12. The van der Waals surface area contributed by atoms with Gasteiger partial charge in [0.15, 0.2) is 0 Å². The molecule has 0 fully saturated rings. The van der Waals surface area contributed by atoms with Crippen LogP contribution in [-0.2, 0) is 6.61 Å². The number of aliphatic hydroxyl groups is 1. The van der Waals surface area contributed by atoms with E-state index < -0.39 is 0 Å². The first-order chi connectivity index (χ1) is 7.70. The Labute approximate surface area is 95.6 Å². The molecule has 0 radical (unpaired) electrons. The van der Waals surface area contributed by atoms with E-state index in [-0.39, 0.29) is 6.61 Å². The number of benzene rings is 1. The van der Waals surface area contributed by atoms with Crippen molar-refractivity contribution in [3.8, 4) is 11.1 Å². The topological polar surface area (TPSA) is 33.1 Å². The minimum atomic E-state index is 0.0755. The van der Waals surface area contributed by atoms with Gasteiger partial charge in [0.05, 0.1) is 6.61 Å². The molecule has 2 aromatic rings. The molecule has 1 aromatic carbocycles. The monoisotopic (exact) mass is 213 g/mol. The minimum absolute atomic E-state index is 0.0755. The van der Waals surface area contributed by atoms with Gasteiger partial charge in [-0.2, -0.15) is 0 Å². The van der Waals surface area contributed by atoms with Gasteiger partial charge in [0.25, 0.3) is 0 Å². The van der Waals surface area contributed by atoms with E-state index in [9.17, 15) is 0 Å². The van der Waals surface area contributed by atoms with Crippen molar-refractivity contribution in [3.05, 3.63) is 53.3 Å². The first-order valence-corrected chi connectivity index (χ1v) is 5.34. The molecule has 0 spiro atoms. The van der Waals surface area contributed by atoms with Crippen LogP contribution in [0.15, 0.2) is 36.5 Å². The van der Waals surface area contributed by atoms with Gasteiger partial charge >= 0.3 is 0 Å². The summed E-state index contributed by atoms with van der Waals surface area (Å²) in [6, 6.07) is 10.1. The number of rotatable bonds is 2. The largest absolute Gasteiger partial charge is 0.392 e. The van der Waals surface area contributed by atoms with Crippen LogP contribution in [0, 0.1) is 13.8 Å². The van der Waals surface area contributed by atoms with E-state index in [2.05, 4.69) is 11.1 Å². The molecule has 0 aliphatic carbocycles. The maximum absolute atomic E-state index is 9.12. The van der Waals surface area contributed by atoms with Gasteiger partial charge < -0.3 is 5.11 Å². The Bertz CT molecular complexity index is 506. The Morgan fingerprint density at radius 2 is 2.00 bits per heavy atom. The summed E-state index contributed by atoms with van der Waals surface area (Å²) in [6.07, 6.45) is 1.87. The van der Waals surface area contributed by atoms with Gasteiger partial charge in [-0.15, -0.1) is 0 Å². The van der Waals surface area contributed by atoms with Crippen LogP contribution in [-0.4, -0.2) is 10.1 Å². The molecule has 0 atom stereocenters. The lowest BCUT2D eigenvalue weighted by atomic mass is 10.0. The van der Waals surface area contributed by atoms with E-state index in [1.807, 2.05) is 44.3 Å². The SMILES string of the molecule is Cc1cnc(C)c(-c2cccc(CO)c2)c1. The average Bonchev–Trinajstić information content (AvgIpc) is 2.32. The van der Waals surface area contributed by atoms with Crippen LogP contribution in [0.3, 0.4) is 0 Å². The summed E-state index contributed by atoms with van der Waals surface area (Å²) in [5.41, 5.74) is 5.34. The Morgan fingerprint density at radius 1 is 1.19 bits per heavy atom. The van der Waals surface area contributed by atoms with Gasteiger partial charge in [-0.25, -0.2) is 0 Å². The van der Waals surface area contributed by atoms with E-state index in [4.69, 9.17) is 5.11 Å². The van der Waals surface area contributed by atoms with Crippen LogP contribution in [0.5, 0.6) is 0 Å². The van der Waals surface area contributed by atoms with Crippen molar-refractivity contribution in [3.63, 3.8) is 0 Å². The molecular weight excluding hydrogens is 198 g/mol. The molecule has 2 nitrogen and oxygen atoms in total. The molecule has 2 rings (SSSR count). The van der Waals surface area contributed by atoms with Gasteiger partial charge in [-0.05, 0) is 42.7 Å². The predicted octanol–water partition coefficient (Wildman–Crippen LogP) is 2.86. The summed E-state index contributed by atoms with van der Waals surface area (Å²) in [4.78, 5) is 4.35. The van der Waals surface area contributed by atoms with E-state index in [1.54, 1.807) is 0 Å². The van der Waals surface area contributed by atoms with Crippen LogP contribution in [0.2, 0.25) is 0 Å². The summed E-state index contributed by atoms with van der Waals surface area (Å²) >= 11 is 0. The standard InChI is InChI=1S/C14H15NO/c1-10-6-14(11(2)15-8-10)13-5-3-4-12(7-13)9-16/h3-8,16H,9H2,1-2H3. The van der Waals surface area contributed by atoms with Gasteiger partial charge in [0.2, 0.25) is 0 Å². The third-order valence-corrected chi connectivity index (χ3v) is 2.64. The summed E-state index contributed by atoms with van der Waals surface area (Å²) in [7, 11) is 0. The minimum Gasteiger partial charge on any atom is -0.392 e. The third kappa shape index (κ3) is 2.12. The van der Waals surface area contributed by atoms with Gasteiger partial charge in [0.1, 0.15) is 0 Å². The number of hydrogen-bond acceptors (Lipinski definition) is 2. The lowest BCUT2D eigenvalue weighted by Gasteiger charge is -2.07. The molecule has 1 aromatic heterocycles. The molecule has 82 valence electrons. The zero-order valence-electron chi connectivity index (χ0n) is 9.57. The van der Waals surface area contributed by atoms with Crippen molar-refractivity contribution in [1.29, 1.82) is 0 Å². The fraction of sp³-hybridized carbons (Fsp3) is 0.214. The molecule has 0 bridgehead atoms. The summed E-state index contributed by atoms with van der Waals surface area (Å²) in [6.45, 7) is 4.11. The second-order valence-electron chi connectivity index (χ2n) is 4.00. The summed E-state index contributed by atoms with van der Waals surface area (Å²) in [5.74, 6) is 0. The smallest absolute Gasteiger partial charge is 0.0682 e. The zero-order valence-corrected chi connectivity index (χ0v) is 9.57. The second kappa shape index (κ2) is 4.45. The van der Waals surface area contributed by atoms with Gasteiger partial charge in [-0.3, -0.25) is 4.98 Å². The lowest BCUT2D eigenvalue weighted by molar-refractivity contribution is 0.282. The van der Waals surface area contributed by atoms with E-state index in [0.29, 0.717) is 0 Å². The average molecular weight is 213 g/mol. The Morgan fingerprint density at radius 3 is 2.75 bits per heavy atom. The normalized spacial score (nSPS) is 10.4. The molecule has 0 aliphatic rings. The Kier molecular flexibility index (Phi) is 3.02. The van der Waals surface area contributed by atoms with Crippen molar-refractivity contribution in [1.82, 2.24) is 4.98 Å². The highest BCUT2D eigenvalue weighted by atomic mass is 16.3. The maximum Gasteiger partial charge on any atom is 0.0682 e. The van der Waals surface area contributed by atoms with Gasteiger partial charge in [-0.1, -0.05) is 18.2 Å². The number of aryl methyl sites for hydroxylation is 2. The number of pyridine rings is 1. The fourth-order valence-electron chi connectivity index (χ4n) is 1.77. The van der Waals surface area contributed by atoms with E-state index in [1.165, 1.54) is 0 Å². The molecule has 0 unspecified atom stereocenters. The van der Waals surface area contributed by atoms with Crippen LogP contribution in [0.1, 0.15) is 16.8 Å². The Hall–Kier alpha value is -1.67. The number of nitrogens with zero attached hydrogens (tertiary/aromatic N) is 1. The highest BCUT2D eigenvalue weighted by Gasteiger charge is 2.03. The fourth-order valence-corrected chi connectivity index (χ4v) is 1.77. The van der Waals surface area contributed by atoms with Crippen LogP contribution in [0.4, 0.5) is 0 Å². The molecule has 0 saturated carbocycles. The molecule has 2 heteroatoms. The van der Waals surface area contributed by atoms with Gasteiger partial charge in [0, 0.05) is 17.5 Å². The van der Waals surface area contributed by atoms with Crippen LogP contribution in [0.25, 0.3) is 11.1 Å². The van der Waals surface area contributed by atoms with E-state index in [0.717, 1.165) is 27.9 Å². The first kappa shape index (κ1) is 10.8. The summed E-state index contributed by atoms with van der Waals surface area (Å²) < 4.78 is 0. The molecule has 0 amide bonds. The summed E-state index contributed by atoms with van der Waals surface area (Å²) in [5, 5.41) is 9.12. The molecule has 16 heavy (non-hydrogen) atoms. The highest BCUT2D eigenvalue weighted by molar-refractivity contribution is 5.66. The van der Waals surface area contributed by atoms with Crippen molar-refractivity contribution in [2.45, 2.75) is 20.5 Å². The molecule has 1 heterocycles. The number of aromatic nitrogens is 1. The second-order valence-corrected chi connectivity index (χ2v) is 4.00. The van der Waals surface area contributed by atoms with E-state index >= 15 is 0 Å². The molecule has 0 saturated heterocycles.